The molecule has 1 aromatic heterocycles. The van der Waals surface area contributed by atoms with Crippen molar-refractivity contribution in [2.45, 2.75) is 32.9 Å². The quantitative estimate of drug-likeness (QED) is 0.348. The Bertz CT molecular complexity index is 1330. The van der Waals surface area contributed by atoms with E-state index < -0.39 is 16.8 Å². The van der Waals surface area contributed by atoms with Crippen LogP contribution >= 0.6 is 11.5 Å². The van der Waals surface area contributed by atoms with Crippen LogP contribution in [0.2, 0.25) is 0 Å². The molecule has 0 spiro atoms. The topological polar surface area (TPSA) is 121 Å². The molecule has 0 saturated carbocycles. The van der Waals surface area contributed by atoms with Crippen LogP contribution in [0.5, 0.6) is 0 Å². The largest absolute Gasteiger partial charge is 0.478 e. The van der Waals surface area contributed by atoms with Gasteiger partial charge in [-0.15, -0.1) is 0 Å². The number of carboxylic acid groups (broad SMARTS) is 1. The first-order valence-corrected chi connectivity index (χ1v) is 11.7. The molecule has 2 aromatic carbocycles. The third kappa shape index (κ3) is 5.28. The van der Waals surface area contributed by atoms with E-state index in [2.05, 4.69) is 26.7 Å². The number of dihydropyridines is 1. The number of benzene rings is 2. The highest BCUT2D eigenvalue weighted by molar-refractivity contribution is 7.06. The highest BCUT2D eigenvalue weighted by Gasteiger charge is 2.36. The van der Waals surface area contributed by atoms with Crippen LogP contribution in [0.1, 0.15) is 41.7 Å². The molecule has 1 atom stereocenters. The number of hydrogen-bond acceptors (Lipinski definition) is 8. The summed E-state index contributed by atoms with van der Waals surface area (Å²) in [6.45, 7) is 4.80. The Morgan fingerprint density at radius 3 is 2.57 bits per heavy atom. The molecule has 0 radical (unpaired) electrons. The smallest absolute Gasteiger partial charge is 0.334 e. The summed E-state index contributed by atoms with van der Waals surface area (Å²) in [4.78, 5) is 30.0. The van der Waals surface area contributed by atoms with E-state index in [4.69, 9.17) is 4.98 Å². The first-order chi connectivity index (χ1) is 16.7. The van der Waals surface area contributed by atoms with E-state index in [9.17, 15) is 20.0 Å². The average molecular weight is 492 g/mol. The minimum Gasteiger partial charge on any atom is -0.478 e. The zero-order valence-corrected chi connectivity index (χ0v) is 20.4. The lowest BCUT2D eigenvalue weighted by Crippen LogP contribution is -2.27. The lowest BCUT2D eigenvalue weighted by molar-refractivity contribution is -0.384. The van der Waals surface area contributed by atoms with Gasteiger partial charge in [-0.2, -0.15) is 4.37 Å². The molecule has 0 bridgehead atoms. The van der Waals surface area contributed by atoms with Crippen LogP contribution in [0.3, 0.4) is 0 Å². The summed E-state index contributed by atoms with van der Waals surface area (Å²) in [7, 11) is 1.99. The molecule has 35 heavy (non-hydrogen) atoms. The van der Waals surface area contributed by atoms with Gasteiger partial charge in [0, 0.05) is 41.6 Å². The Labute approximate surface area is 206 Å². The number of nitro groups is 1. The van der Waals surface area contributed by atoms with E-state index in [1.165, 1.54) is 29.2 Å². The Balaban J connectivity index is 1.69. The molecule has 0 aliphatic carbocycles. The number of aliphatic carboxylic acids is 1. The van der Waals surface area contributed by atoms with E-state index in [0.29, 0.717) is 34.2 Å². The number of non-ortho nitro benzene ring substituents is 1. The highest BCUT2D eigenvalue weighted by atomic mass is 32.1. The molecule has 2 heterocycles. The van der Waals surface area contributed by atoms with Gasteiger partial charge >= 0.3 is 5.97 Å². The van der Waals surface area contributed by atoms with Crippen molar-refractivity contribution in [3.05, 3.63) is 104 Å². The van der Waals surface area contributed by atoms with Crippen LogP contribution in [0.4, 0.5) is 5.69 Å². The maximum atomic E-state index is 12.3. The molecule has 180 valence electrons. The minimum atomic E-state index is -1.09. The SMILES string of the molecule is CC1=C(C(=O)O)C(c2cccc([N+](=O)[O-])c2)C(c2nc(CN(C)Cc3ccccc3)ns2)=C(C)N1. The molecule has 1 aliphatic heterocycles. The molecule has 1 aliphatic rings. The van der Waals surface area contributed by atoms with Gasteiger partial charge < -0.3 is 10.4 Å². The molecule has 9 nitrogen and oxygen atoms in total. The number of rotatable bonds is 8. The Hall–Kier alpha value is -3.89. The maximum Gasteiger partial charge on any atom is 0.334 e. The maximum absolute atomic E-state index is 12.3. The van der Waals surface area contributed by atoms with Crippen LogP contribution in [-0.2, 0) is 17.9 Å². The monoisotopic (exact) mass is 491 g/mol. The van der Waals surface area contributed by atoms with Gasteiger partial charge in [-0.25, -0.2) is 9.78 Å². The summed E-state index contributed by atoms with van der Waals surface area (Å²) in [5.41, 5.74) is 3.61. The van der Waals surface area contributed by atoms with Gasteiger partial charge in [0.05, 0.1) is 17.0 Å². The lowest BCUT2D eigenvalue weighted by atomic mass is 9.80. The third-order valence-corrected chi connectivity index (χ3v) is 6.60. The number of aromatic nitrogens is 2. The number of nitro benzene ring substituents is 1. The molecule has 3 aromatic rings. The number of nitrogens with one attached hydrogen (secondary N) is 1. The average Bonchev–Trinajstić information content (AvgIpc) is 3.26. The van der Waals surface area contributed by atoms with Crippen LogP contribution in [0.25, 0.3) is 5.57 Å². The number of carboxylic acids is 1. The van der Waals surface area contributed by atoms with Crippen molar-refractivity contribution in [2.24, 2.45) is 0 Å². The molecule has 0 amide bonds. The van der Waals surface area contributed by atoms with Crippen molar-refractivity contribution < 1.29 is 14.8 Å². The predicted octanol–water partition coefficient (Wildman–Crippen LogP) is 4.55. The fourth-order valence-electron chi connectivity index (χ4n) is 4.33. The van der Waals surface area contributed by atoms with Crippen molar-refractivity contribution in [3.63, 3.8) is 0 Å². The highest BCUT2D eigenvalue weighted by Crippen LogP contribution is 2.44. The molecule has 10 heteroatoms. The second kappa shape index (κ2) is 10.2. The van der Waals surface area contributed by atoms with Crippen LogP contribution < -0.4 is 5.32 Å². The molecule has 0 fully saturated rings. The van der Waals surface area contributed by atoms with Crippen LogP contribution in [0.15, 0.2) is 71.6 Å². The Morgan fingerprint density at radius 2 is 1.89 bits per heavy atom. The third-order valence-electron chi connectivity index (χ3n) is 5.81. The number of hydrogen-bond donors (Lipinski definition) is 2. The molecular weight excluding hydrogens is 466 g/mol. The summed E-state index contributed by atoms with van der Waals surface area (Å²) < 4.78 is 4.53. The number of carbonyl (C=O) groups is 1. The van der Waals surface area contributed by atoms with Crippen LogP contribution in [0, 0.1) is 10.1 Å². The van der Waals surface area contributed by atoms with E-state index in [1.54, 1.807) is 19.1 Å². The van der Waals surface area contributed by atoms with E-state index in [-0.39, 0.29) is 11.3 Å². The molecule has 4 rings (SSSR count). The lowest BCUT2D eigenvalue weighted by Gasteiger charge is -2.29. The number of allylic oxidation sites excluding steroid dienone is 3. The normalized spacial score (nSPS) is 15.9. The molecule has 0 saturated heterocycles. The standard InChI is InChI=1S/C25H25N5O4S/c1-15-21(24-27-20(28-35-24)14-29(3)13-17-8-5-4-6-9-17)23(22(25(31)32)16(2)26-15)18-10-7-11-19(12-18)30(33)34/h4-12,23,26H,13-14H2,1-3H3,(H,31,32). The summed E-state index contributed by atoms with van der Waals surface area (Å²) in [5.74, 6) is -1.19. The second-order valence-corrected chi connectivity index (χ2v) is 9.22. The molecular formula is C25H25N5O4S. The van der Waals surface area contributed by atoms with Crippen molar-refractivity contribution in [1.82, 2.24) is 19.6 Å². The van der Waals surface area contributed by atoms with E-state index >= 15 is 0 Å². The number of nitrogens with zero attached hydrogens (tertiary/aromatic N) is 4. The van der Waals surface area contributed by atoms with Crippen molar-refractivity contribution in [3.8, 4) is 0 Å². The van der Waals surface area contributed by atoms with E-state index in [1.807, 2.05) is 32.2 Å². The minimum absolute atomic E-state index is 0.0964. The molecule has 2 N–H and O–H groups in total. The summed E-state index contributed by atoms with van der Waals surface area (Å²) >= 11 is 1.20. The van der Waals surface area contributed by atoms with Crippen molar-refractivity contribution >= 4 is 28.8 Å². The van der Waals surface area contributed by atoms with Crippen molar-refractivity contribution in [2.75, 3.05) is 7.05 Å². The first-order valence-electron chi connectivity index (χ1n) is 11.0. The first kappa shape index (κ1) is 24.2. The van der Waals surface area contributed by atoms with Gasteiger partial charge in [0.2, 0.25) is 0 Å². The fraction of sp³-hybridized carbons (Fsp3) is 0.240. The predicted molar refractivity (Wildman–Crippen MR) is 133 cm³/mol. The zero-order valence-electron chi connectivity index (χ0n) is 19.6. The van der Waals surface area contributed by atoms with Gasteiger partial charge in [-0.1, -0.05) is 42.5 Å². The second-order valence-electron chi connectivity index (χ2n) is 8.47. The molecule has 1 unspecified atom stereocenters. The summed E-state index contributed by atoms with van der Waals surface area (Å²) in [6, 6.07) is 16.2. The van der Waals surface area contributed by atoms with E-state index in [0.717, 1.165) is 12.2 Å². The van der Waals surface area contributed by atoms with Crippen molar-refractivity contribution in [1.29, 1.82) is 0 Å². The van der Waals surface area contributed by atoms with Gasteiger partial charge in [0.25, 0.3) is 5.69 Å². The summed E-state index contributed by atoms with van der Waals surface area (Å²) in [5, 5.41) is 25.2. The van der Waals surface area contributed by atoms with Gasteiger partial charge in [0.1, 0.15) is 5.01 Å². The zero-order chi connectivity index (χ0) is 25.1. The van der Waals surface area contributed by atoms with Gasteiger partial charge in [-0.3, -0.25) is 15.0 Å². The fourth-order valence-corrected chi connectivity index (χ4v) is 5.14. The summed E-state index contributed by atoms with van der Waals surface area (Å²) in [6.07, 6.45) is 0. The van der Waals surface area contributed by atoms with Gasteiger partial charge in [-0.05, 0) is 43.6 Å². The van der Waals surface area contributed by atoms with Gasteiger partial charge in [0.15, 0.2) is 5.82 Å². The Kier molecular flexibility index (Phi) is 7.04. The Morgan fingerprint density at radius 1 is 1.14 bits per heavy atom. The van der Waals surface area contributed by atoms with Crippen LogP contribution in [-0.4, -0.2) is 37.3 Å².